The zero-order chi connectivity index (χ0) is 18.7. The Morgan fingerprint density at radius 3 is 2.65 bits per heavy atom. The molecule has 2 aromatic carbocycles. The van der Waals surface area contributed by atoms with Crippen LogP contribution in [0.1, 0.15) is 11.1 Å². The Morgan fingerprint density at radius 2 is 1.96 bits per heavy atom. The van der Waals surface area contributed by atoms with E-state index in [4.69, 9.17) is 0 Å². The number of rotatable bonds is 6. The summed E-state index contributed by atoms with van der Waals surface area (Å²) in [4.78, 5) is 10.2. The van der Waals surface area contributed by atoms with Crippen molar-refractivity contribution in [3.05, 3.63) is 82.2 Å². The molecule has 0 radical (unpaired) electrons. The summed E-state index contributed by atoms with van der Waals surface area (Å²) in [6, 6.07) is 12.5. The minimum absolute atomic E-state index is 0.124. The molecule has 0 bridgehead atoms. The molecule has 26 heavy (non-hydrogen) atoms. The van der Waals surface area contributed by atoms with Crippen LogP contribution in [0.15, 0.2) is 65.8 Å². The average molecular weight is 372 g/mol. The van der Waals surface area contributed by atoms with Crippen LogP contribution < -0.4 is 4.72 Å². The zero-order valence-electron chi connectivity index (χ0n) is 13.9. The van der Waals surface area contributed by atoms with Crippen molar-refractivity contribution in [3.63, 3.8) is 0 Å². The van der Waals surface area contributed by atoms with E-state index in [1.54, 1.807) is 54.3 Å². The Hall–Kier alpha value is -3.20. The van der Waals surface area contributed by atoms with Crippen molar-refractivity contribution >= 4 is 21.4 Å². The molecule has 0 spiro atoms. The van der Waals surface area contributed by atoms with Crippen molar-refractivity contribution in [2.24, 2.45) is 0 Å². The first-order valence-electron chi connectivity index (χ1n) is 7.70. The number of sulfonamides is 1. The summed E-state index contributed by atoms with van der Waals surface area (Å²) < 4.78 is 29.8. The van der Waals surface area contributed by atoms with Crippen LogP contribution in [0.3, 0.4) is 0 Å². The van der Waals surface area contributed by atoms with Gasteiger partial charge >= 0.3 is 0 Å². The number of nitro groups is 1. The molecular formula is C17H16N4O4S. The summed E-state index contributed by atoms with van der Waals surface area (Å²) in [6.45, 7) is 1.98. The van der Waals surface area contributed by atoms with E-state index in [9.17, 15) is 18.5 Å². The summed E-state index contributed by atoms with van der Waals surface area (Å²) in [5, 5.41) is 15.1. The summed E-state index contributed by atoms with van der Waals surface area (Å²) in [7, 11) is -3.99. The molecule has 0 aliphatic heterocycles. The first kappa shape index (κ1) is 17.6. The van der Waals surface area contributed by atoms with Crippen molar-refractivity contribution in [1.29, 1.82) is 0 Å². The summed E-state index contributed by atoms with van der Waals surface area (Å²) in [5.41, 5.74) is 1.27. The van der Waals surface area contributed by atoms with Gasteiger partial charge in [-0.2, -0.15) is 5.10 Å². The van der Waals surface area contributed by atoms with Crippen LogP contribution in [0.2, 0.25) is 0 Å². The van der Waals surface area contributed by atoms with Gasteiger partial charge in [-0.15, -0.1) is 0 Å². The predicted molar refractivity (Wildman–Crippen MR) is 96.4 cm³/mol. The first-order chi connectivity index (χ1) is 12.4. The Labute approximate surface area is 150 Å². The fourth-order valence-electron chi connectivity index (χ4n) is 2.52. The molecule has 0 amide bonds. The lowest BCUT2D eigenvalue weighted by molar-refractivity contribution is -0.385. The lowest BCUT2D eigenvalue weighted by Crippen LogP contribution is -2.16. The van der Waals surface area contributed by atoms with Gasteiger partial charge in [-0.3, -0.25) is 19.5 Å². The minimum Gasteiger partial charge on any atom is -0.279 e. The Bertz CT molecular complexity index is 1050. The summed E-state index contributed by atoms with van der Waals surface area (Å²) >= 11 is 0. The van der Waals surface area contributed by atoms with E-state index < -0.39 is 14.9 Å². The normalized spacial score (nSPS) is 11.3. The minimum atomic E-state index is -3.99. The van der Waals surface area contributed by atoms with Crippen molar-refractivity contribution in [2.75, 3.05) is 4.72 Å². The predicted octanol–water partition coefficient (Wildman–Crippen LogP) is 2.95. The molecule has 8 nitrogen and oxygen atoms in total. The second-order valence-electron chi connectivity index (χ2n) is 5.67. The molecule has 0 aliphatic rings. The van der Waals surface area contributed by atoms with Crippen LogP contribution in [0.5, 0.6) is 0 Å². The topological polar surface area (TPSA) is 107 Å². The summed E-state index contributed by atoms with van der Waals surface area (Å²) in [6.07, 6.45) is 3.41. The number of aromatic nitrogens is 2. The quantitative estimate of drug-likeness (QED) is 0.529. The van der Waals surface area contributed by atoms with Gasteiger partial charge in [-0.1, -0.05) is 24.3 Å². The number of para-hydroxylation sites is 1. The molecule has 3 rings (SSSR count). The van der Waals surface area contributed by atoms with Gasteiger partial charge in [0.15, 0.2) is 0 Å². The van der Waals surface area contributed by atoms with E-state index in [1.165, 1.54) is 12.1 Å². The fraction of sp³-hybridized carbons (Fsp3) is 0.118. The van der Waals surface area contributed by atoms with Crippen LogP contribution in [0.4, 0.5) is 11.4 Å². The van der Waals surface area contributed by atoms with Crippen LogP contribution in [-0.4, -0.2) is 23.1 Å². The van der Waals surface area contributed by atoms with E-state index in [0.717, 1.165) is 11.6 Å². The highest BCUT2D eigenvalue weighted by molar-refractivity contribution is 7.92. The highest BCUT2D eigenvalue weighted by Gasteiger charge is 2.21. The van der Waals surface area contributed by atoms with E-state index in [1.807, 2.05) is 0 Å². The molecular weight excluding hydrogens is 356 g/mol. The average Bonchev–Trinajstić information content (AvgIpc) is 3.09. The van der Waals surface area contributed by atoms with Gasteiger partial charge in [0.2, 0.25) is 0 Å². The summed E-state index contributed by atoms with van der Waals surface area (Å²) in [5.74, 6) is 0. The van der Waals surface area contributed by atoms with Gasteiger partial charge in [-0.25, -0.2) is 8.42 Å². The number of aryl methyl sites for hydroxylation is 1. The maximum atomic E-state index is 12.8. The molecule has 0 atom stereocenters. The smallest absolute Gasteiger partial charge is 0.270 e. The van der Waals surface area contributed by atoms with Gasteiger partial charge in [0.25, 0.3) is 15.7 Å². The fourth-order valence-corrected chi connectivity index (χ4v) is 3.88. The van der Waals surface area contributed by atoms with E-state index >= 15 is 0 Å². The van der Waals surface area contributed by atoms with Crippen molar-refractivity contribution in [2.45, 2.75) is 18.4 Å². The number of hydrogen-bond acceptors (Lipinski definition) is 5. The molecule has 1 N–H and O–H groups in total. The number of nitro benzene ring substituents is 1. The van der Waals surface area contributed by atoms with E-state index in [2.05, 4.69) is 9.82 Å². The molecule has 9 heteroatoms. The van der Waals surface area contributed by atoms with Crippen LogP contribution in [0.25, 0.3) is 0 Å². The first-order valence-corrected chi connectivity index (χ1v) is 9.18. The highest BCUT2D eigenvalue weighted by Crippen LogP contribution is 2.25. The number of non-ortho nitro benzene ring substituents is 1. The van der Waals surface area contributed by atoms with Crippen LogP contribution in [-0.2, 0) is 16.6 Å². The second-order valence-corrected chi connectivity index (χ2v) is 7.32. The number of benzene rings is 2. The monoisotopic (exact) mass is 372 g/mol. The van der Waals surface area contributed by atoms with Gasteiger partial charge in [-0.05, 0) is 30.2 Å². The standard InChI is InChI=1S/C17H16N4O4S/c1-13-7-8-15(21(22)23)11-17(13)26(24,25)19-16-6-3-2-5-14(16)12-20-10-4-9-18-20/h2-11,19H,12H2,1H3. The lowest BCUT2D eigenvalue weighted by Gasteiger charge is -2.14. The molecule has 1 aromatic heterocycles. The molecule has 134 valence electrons. The molecule has 0 unspecified atom stereocenters. The molecule has 0 saturated carbocycles. The Balaban J connectivity index is 1.96. The maximum absolute atomic E-state index is 12.8. The largest absolute Gasteiger partial charge is 0.279 e. The Kier molecular flexibility index (Phi) is 4.72. The third-order valence-corrected chi connectivity index (χ3v) is 5.33. The van der Waals surface area contributed by atoms with Crippen molar-refractivity contribution < 1.29 is 13.3 Å². The second kappa shape index (κ2) is 6.96. The van der Waals surface area contributed by atoms with Gasteiger partial charge in [0, 0.05) is 24.5 Å². The molecule has 0 aliphatic carbocycles. The van der Waals surface area contributed by atoms with Gasteiger partial charge < -0.3 is 0 Å². The van der Waals surface area contributed by atoms with Crippen LogP contribution in [0, 0.1) is 17.0 Å². The molecule has 0 saturated heterocycles. The number of anilines is 1. The lowest BCUT2D eigenvalue weighted by atomic mass is 10.2. The number of nitrogens with one attached hydrogen (secondary N) is 1. The van der Waals surface area contributed by atoms with Crippen molar-refractivity contribution in [3.8, 4) is 0 Å². The highest BCUT2D eigenvalue weighted by atomic mass is 32.2. The number of nitrogens with zero attached hydrogens (tertiary/aromatic N) is 3. The van der Waals surface area contributed by atoms with Gasteiger partial charge in [0.1, 0.15) is 0 Å². The van der Waals surface area contributed by atoms with Crippen LogP contribution >= 0.6 is 0 Å². The molecule has 3 aromatic rings. The Morgan fingerprint density at radius 1 is 1.19 bits per heavy atom. The van der Waals surface area contributed by atoms with Gasteiger partial charge in [0.05, 0.1) is 22.1 Å². The third kappa shape index (κ3) is 3.72. The molecule has 0 fully saturated rings. The SMILES string of the molecule is Cc1ccc([N+](=O)[O-])cc1S(=O)(=O)Nc1ccccc1Cn1cccn1. The zero-order valence-corrected chi connectivity index (χ0v) is 14.7. The number of hydrogen-bond donors (Lipinski definition) is 1. The van der Waals surface area contributed by atoms with E-state index in [0.29, 0.717) is 17.8 Å². The third-order valence-electron chi connectivity index (χ3n) is 3.83. The van der Waals surface area contributed by atoms with E-state index in [-0.39, 0.29) is 10.6 Å². The maximum Gasteiger partial charge on any atom is 0.270 e. The molecule has 1 heterocycles. The van der Waals surface area contributed by atoms with Crippen molar-refractivity contribution in [1.82, 2.24) is 9.78 Å².